The molecule has 1 aromatic carbocycles. The number of hydrogen-bond donors (Lipinski definition) is 3. The largest absolute Gasteiger partial charge is 0.488 e. The summed E-state index contributed by atoms with van der Waals surface area (Å²) in [5.41, 5.74) is 2.60. The Hall–Kier alpha value is -2.32. The van der Waals surface area contributed by atoms with E-state index < -0.39 is 0 Å². The molecule has 3 N–H and O–H groups in total. The number of hydrogen-bond acceptors (Lipinski definition) is 6. The highest BCUT2D eigenvalue weighted by atomic mass is 16.5. The summed E-state index contributed by atoms with van der Waals surface area (Å²) in [5, 5.41) is 9.30. The fourth-order valence-corrected chi connectivity index (χ4v) is 5.42. The molecule has 2 amide bonds. The molecule has 0 saturated carbocycles. The Labute approximate surface area is 203 Å². The number of carbonyl (C=O) groups is 2. The molecule has 34 heavy (non-hydrogen) atoms. The number of benzene rings is 1. The Bertz CT molecular complexity index is 882. The molecule has 3 fully saturated rings. The maximum absolute atomic E-state index is 13.4. The molecular formula is C26H40N4O4. The summed E-state index contributed by atoms with van der Waals surface area (Å²) in [6.07, 6.45) is 2.99. The zero-order valence-corrected chi connectivity index (χ0v) is 21.0. The number of ether oxygens (including phenoxy) is 2. The number of amides is 2. The molecule has 3 aliphatic heterocycles. The van der Waals surface area contributed by atoms with Gasteiger partial charge >= 0.3 is 0 Å². The standard InChI is InChI=1S/C26H40N4O4/c1-5-30(19-6-8-33-9-7-19)24-12-20(34-21-13-27-14-21)11-22(18(24)4)25(31)28-15-23-16(2)10-17(3)29-26(23)32/h11-12,16-17,19,21,23,27H,5-10,13-15H2,1-4H3,(H,28,31)(H,29,32). The smallest absolute Gasteiger partial charge is 0.251 e. The fourth-order valence-electron chi connectivity index (χ4n) is 5.42. The Morgan fingerprint density at radius 3 is 2.59 bits per heavy atom. The number of nitrogens with one attached hydrogen (secondary N) is 3. The summed E-state index contributed by atoms with van der Waals surface area (Å²) in [4.78, 5) is 28.3. The second kappa shape index (κ2) is 11.0. The van der Waals surface area contributed by atoms with Crippen molar-refractivity contribution in [3.8, 4) is 5.75 Å². The third kappa shape index (κ3) is 5.49. The lowest BCUT2D eigenvalue weighted by atomic mass is 9.84. The minimum Gasteiger partial charge on any atom is -0.488 e. The highest BCUT2D eigenvalue weighted by Crippen LogP contribution is 2.33. The monoisotopic (exact) mass is 472 g/mol. The predicted molar refractivity (Wildman–Crippen MR) is 133 cm³/mol. The van der Waals surface area contributed by atoms with Crippen molar-refractivity contribution >= 4 is 17.5 Å². The Morgan fingerprint density at radius 2 is 1.97 bits per heavy atom. The van der Waals surface area contributed by atoms with Crippen molar-refractivity contribution in [2.45, 2.75) is 65.1 Å². The van der Waals surface area contributed by atoms with Gasteiger partial charge in [-0.15, -0.1) is 0 Å². The molecule has 0 spiro atoms. The maximum atomic E-state index is 13.4. The molecule has 4 rings (SSSR count). The summed E-state index contributed by atoms with van der Waals surface area (Å²) in [7, 11) is 0. The van der Waals surface area contributed by atoms with Gasteiger partial charge in [0.2, 0.25) is 5.91 Å². The van der Waals surface area contributed by atoms with Crippen LogP contribution < -0.4 is 25.6 Å². The average molecular weight is 473 g/mol. The van der Waals surface area contributed by atoms with E-state index in [0.717, 1.165) is 69.1 Å². The van der Waals surface area contributed by atoms with E-state index >= 15 is 0 Å². The third-order valence-corrected chi connectivity index (χ3v) is 7.55. The molecule has 3 heterocycles. The first-order valence-corrected chi connectivity index (χ1v) is 12.8. The van der Waals surface area contributed by atoms with Crippen LogP contribution in [0.25, 0.3) is 0 Å². The van der Waals surface area contributed by atoms with Crippen molar-refractivity contribution in [3.63, 3.8) is 0 Å². The van der Waals surface area contributed by atoms with Crippen LogP contribution in [0.3, 0.4) is 0 Å². The summed E-state index contributed by atoms with van der Waals surface area (Å²) in [6.45, 7) is 12.6. The highest BCUT2D eigenvalue weighted by Gasteiger charge is 2.33. The number of anilines is 1. The third-order valence-electron chi connectivity index (χ3n) is 7.55. The second-order valence-corrected chi connectivity index (χ2v) is 10.1. The van der Waals surface area contributed by atoms with E-state index in [1.807, 2.05) is 19.9 Å². The quantitative estimate of drug-likeness (QED) is 0.538. The van der Waals surface area contributed by atoms with E-state index in [0.29, 0.717) is 18.2 Å². The lowest BCUT2D eigenvalue weighted by molar-refractivity contribution is -0.129. The molecule has 8 nitrogen and oxygen atoms in total. The minimum absolute atomic E-state index is 0.0233. The maximum Gasteiger partial charge on any atom is 0.251 e. The topological polar surface area (TPSA) is 91.9 Å². The Morgan fingerprint density at radius 1 is 1.24 bits per heavy atom. The van der Waals surface area contributed by atoms with Crippen LogP contribution in [0.4, 0.5) is 5.69 Å². The lowest BCUT2D eigenvalue weighted by Gasteiger charge is -2.37. The van der Waals surface area contributed by atoms with Gasteiger partial charge < -0.3 is 30.3 Å². The number of piperidine rings is 1. The molecule has 3 atom stereocenters. The second-order valence-electron chi connectivity index (χ2n) is 10.1. The van der Waals surface area contributed by atoms with Gasteiger partial charge in [0, 0.05) is 68.8 Å². The van der Waals surface area contributed by atoms with Crippen molar-refractivity contribution in [3.05, 3.63) is 23.3 Å². The van der Waals surface area contributed by atoms with Gasteiger partial charge in [-0.05, 0) is 57.6 Å². The van der Waals surface area contributed by atoms with Crippen molar-refractivity contribution < 1.29 is 19.1 Å². The van der Waals surface area contributed by atoms with E-state index in [9.17, 15) is 9.59 Å². The molecule has 3 saturated heterocycles. The Balaban J connectivity index is 1.57. The van der Waals surface area contributed by atoms with Crippen molar-refractivity contribution in [2.24, 2.45) is 11.8 Å². The number of rotatable bonds is 8. The zero-order chi connectivity index (χ0) is 24.2. The number of nitrogens with zero attached hydrogens (tertiary/aromatic N) is 1. The summed E-state index contributed by atoms with van der Waals surface area (Å²) in [6, 6.07) is 4.50. The normalized spacial score (nSPS) is 25.9. The van der Waals surface area contributed by atoms with Crippen molar-refractivity contribution in [1.82, 2.24) is 16.0 Å². The average Bonchev–Trinajstić information content (AvgIpc) is 2.78. The van der Waals surface area contributed by atoms with Crippen LogP contribution in [0.1, 0.15) is 56.0 Å². The molecule has 1 aromatic rings. The molecule has 0 aliphatic carbocycles. The van der Waals surface area contributed by atoms with E-state index in [4.69, 9.17) is 9.47 Å². The van der Waals surface area contributed by atoms with Gasteiger partial charge in [0.15, 0.2) is 0 Å². The van der Waals surface area contributed by atoms with E-state index in [1.165, 1.54) is 0 Å². The number of carbonyl (C=O) groups excluding carboxylic acids is 2. The predicted octanol–water partition coefficient (Wildman–Crippen LogP) is 2.24. The minimum atomic E-state index is -0.213. The first-order valence-electron chi connectivity index (χ1n) is 12.8. The van der Waals surface area contributed by atoms with Crippen molar-refractivity contribution in [1.29, 1.82) is 0 Å². The van der Waals surface area contributed by atoms with E-state index in [-0.39, 0.29) is 35.8 Å². The summed E-state index contributed by atoms with van der Waals surface area (Å²) in [5.74, 6) is 0.605. The molecule has 3 unspecified atom stereocenters. The molecule has 0 bridgehead atoms. The first kappa shape index (κ1) is 24.8. The zero-order valence-electron chi connectivity index (χ0n) is 21.0. The van der Waals surface area contributed by atoms with E-state index in [1.54, 1.807) is 0 Å². The molecular weight excluding hydrogens is 432 g/mol. The van der Waals surface area contributed by atoms with Crippen LogP contribution >= 0.6 is 0 Å². The van der Waals surface area contributed by atoms with Gasteiger partial charge in [-0.2, -0.15) is 0 Å². The fraction of sp³-hybridized carbons (Fsp3) is 0.692. The van der Waals surface area contributed by atoms with Gasteiger partial charge in [0.1, 0.15) is 11.9 Å². The molecule has 0 radical (unpaired) electrons. The summed E-state index contributed by atoms with van der Waals surface area (Å²) >= 11 is 0. The van der Waals surface area contributed by atoms with Gasteiger partial charge in [-0.3, -0.25) is 9.59 Å². The van der Waals surface area contributed by atoms with Crippen LogP contribution in [0, 0.1) is 18.8 Å². The van der Waals surface area contributed by atoms with Crippen molar-refractivity contribution in [2.75, 3.05) is 44.3 Å². The van der Waals surface area contributed by atoms with Crippen LogP contribution in [0.2, 0.25) is 0 Å². The lowest BCUT2D eigenvalue weighted by Crippen LogP contribution is -2.50. The van der Waals surface area contributed by atoms with Crippen LogP contribution in [-0.4, -0.2) is 69.4 Å². The molecule has 0 aromatic heterocycles. The van der Waals surface area contributed by atoms with Crippen LogP contribution in [0.5, 0.6) is 5.75 Å². The van der Waals surface area contributed by atoms with Gasteiger partial charge in [0.05, 0.1) is 5.92 Å². The van der Waals surface area contributed by atoms with Crippen LogP contribution in [-0.2, 0) is 9.53 Å². The van der Waals surface area contributed by atoms with Gasteiger partial charge in [0.25, 0.3) is 5.91 Å². The van der Waals surface area contributed by atoms with Gasteiger partial charge in [-0.1, -0.05) is 6.92 Å². The summed E-state index contributed by atoms with van der Waals surface area (Å²) < 4.78 is 11.8. The highest BCUT2D eigenvalue weighted by molar-refractivity contribution is 5.98. The molecule has 3 aliphatic rings. The molecule has 8 heteroatoms. The first-order chi connectivity index (χ1) is 16.4. The SMILES string of the molecule is CCN(c1cc(OC2CNC2)cc(C(=O)NCC2C(=O)NC(C)CC2C)c1C)C1CCOCC1. The Kier molecular flexibility index (Phi) is 7.99. The molecule has 188 valence electrons. The van der Waals surface area contributed by atoms with Gasteiger partial charge in [-0.25, -0.2) is 0 Å². The van der Waals surface area contributed by atoms with Crippen LogP contribution in [0.15, 0.2) is 12.1 Å². The van der Waals surface area contributed by atoms with E-state index in [2.05, 4.69) is 40.8 Å².